The molecule has 0 unspecified atom stereocenters. The van der Waals surface area contributed by atoms with Crippen LogP contribution >= 0.6 is 0 Å². The number of para-hydroxylation sites is 1. The minimum absolute atomic E-state index is 0.230. The van der Waals surface area contributed by atoms with Crippen molar-refractivity contribution in [2.75, 3.05) is 5.32 Å². The Balaban J connectivity index is 1.66. The number of hydrogen-bond acceptors (Lipinski definition) is 4. The van der Waals surface area contributed by atoms with Crippen molar-refractivity contribution in [1.29, 1.82) is 0 Å². The normalized spacial score (nSPS) is 10.5. The lowest BCUT2D eigenvalue weighted by Gasteiger charge is -2.07. The Morgan fingerprint density at radius 1 is 0.808 bits per heavy atom. The molecule has 1 heterocycles. The van der Waals surface area contributed by atoms with Crippen LogP contribution in [0.3, 0.4) is 0 Å². The summed E-state index contributed by atoms with van der Waals surface area (Å²) in [6, 6.07) is 26.0. The molecular weight excluding hydrogens is 326 g/mol. The largest absolute Gasteiger partial charge is 0.334 e. The van der Waals surface area contributed by atoms with Crippen LogP contribution in [0.2, 0.25) is 0 Å². The van der Waals surface area contributed by atoms with Crippen molar-refractivity contribution in [3.63, 3.8) is 0 Å². The molecule has 0 atom stereocenters. The molecule has 1 N–H and O–H groups in total. The number of hydrogen-bond donors (Lipinski definition) is 1. The fourth-order valence-electron chi connectivity index (χ4n) is 2.62. The molecule has 5 heteroatoms. The Labute approximate surface area is 150 Å². The molecule has 0 aliphatic rings. The summed E-state index contributed by atoms with van der Waals surface area (Å²) in [4.78, 5) is 17.1. The maximum absolute atomic E-state index is 12.7. The highest BCUT2D eigenvalue weighted by molar-refractivity contribution is 6.08. The summed E-state index contributed by atoms with van der Waals surface area (Å²) in [5.41, 5.74) is 2.65. The molecule has 0 spiro atoms. The third-order valence-electron chi connectivity index (χ3n) is 3.89. The number of rotatable bonds is 4. The van der Waals surface area contributed by atoms with Gasteiger partial charge in [0.2, 0.25) is 5.82 Å². The van der Waals surface area contributed by atoms with Gasteiger partial charge >= 0.3 is 0 Å². The van der Waals surface area contributed by atoms with Crippen molar-refractivity contribution in [2.45, 2.75) is 0 Å². The summed E-state index contributed by atoms with van der Waals surface area (Å²) < 4.78 is 5.41. The Bertz CT molecular complexity index is 1030. The number of anilines is 1. The first-order valence-electron chi connectivity index (χ1n) is 8.16. The lowest BCUT2D eigenvalue weighted by Crippen LogP contribution is -2.13. The van der Waals surface area contributed by atoms with Gasteiger partial charge in [-0.2, -0.15) is 4.98 Å². The van der Waals surface area contributed by atoms with Gasteiger partial charge in [0.25, 0.3) is 11.8 Å². The average Bonchev–Trinajstić information content (AvgIpc) is 3.19. The molecule has 5 nitrogen and oxygen atoms in total. The predicted octanol–water partition coefficient (Wildman–Crippen LogP) is 4.66. The highest BCUT2D eigenvalue weighted by atomic mass is 16.5. The molecule has 1 aromatic heterocycles. The van der Waals surface area contributed by atoms with E-state index in [0.717, 1.165) is 11.3 Å². The maximum atomic E-state index is 12.7. The van der Waals surface area contributed by atoms with Gasteiger partial charge in [-0.1, -0.05) is 65.8 Å². The summed E-state index contributed by atoms with van der Waals surface area (Å²) in [5.74, 6) is 0.563. The van der Waals surface area contributed by atoms with E-state index in [1.54, 1.807) is 18.2 Å². The summed E-state index contributed by atoms with van der Waals surface area (Å²) in [7, 11) is 0. The zero-order valence-electron chi connectivity index (χ0n) is 13.8. The van der Waals surface area contributed by atoms with Gasteiger partial charge in [-0.05, 0) is 24.3 Å². The first-order valence-corrected chi connectivity index (χ1v) is 8.16. The van der Waals surface area contributed by atoms with Crippen molar-refractivity contribution >= 4 is 11.6 Å². The summed E-state index contributed by atoms with van der Waals surface area (Å²) in [6.07, 6.45) is 0. The van der Waals surface area contributed by atoms with Gasteiger partial charge < -0.3 is 9.84 Å². The fourth-order valence-corrected chi connectivity index (χ4v) is 2.62. The van der Waals surface area contributed by atoms with Gasteiger partial charge in [0.05, 0.1) is 11.1 Å². The molecule has 1 amide bonds. The average molecular weight is 341 g/mol. The topological polar surface area (TPSA) is 68.0 Å². The lowest BCUT2D eigenvalue weighted by atomic mass is 10.1. The van der Waals surface area contributed by atoms with Crippen molar-refractivity contribution in [1.82, 2.24) is 10.1 Å². The Hall–Kier alpha value is -3.73. The molecule has 0 bridgehead atoms. The Morgan fingerprint density at radius 3 is 2.23 bits per heavy atom. The maximum Gasteiger partial charge on any atom is 0.259 e. The van der Waals surface area contributed by atoms with E-state index in [2.05, 4.69) is 15.5 Å². The van der Waals surface area contributed by atoms with Crippen molar-refractivity contribution in [3.05, 3.63) is 90.5 Å². The second-order valence-electron chi connectivity index (χ2n) is 5.65. The van der Waals surface area contributed by atoms with Crippen molar-refractivity contribution in [3.8, 4) is 22.8 Å². The second kappa shape index (κ2) is 7.03. The highest BCUT2D eigenvalue weighted by Gasteiger charge is 2.18. The summed E-state index contributed by atoms with van der Waals surface area (Å²) >= 11 is 0. The van der Waals surface area contributed by atoms with E-state index >= 15 is 0 Å². The SMILES string of the molecule is O=C(Nc1ccccc1)c1ccccc1-c1nc(-c2ccccc2)no1. The van der Waals surface area contributed by atoms with E-state index < -0.39 is 0 Å². The lowest BCUT2D eigenvalue weighted by molar-refractivity contribution is 0.102. The van der Waals surface area contributed by atoms with E-state index in [1.807, 2.05) is 66.7 Å². The molecular formula is C21H15N3O2. The number of carbonyl (C=O) groups excluding carboxylic acids is 1. The highest BCUT2D eigenvalue weighted by Crippen LogP contribution is 2.25. The van der Waals surface area contributed by atoms with Crippen LogP contribution in [0.1, 0.15) is 10.4 Å². The van der Waals surface area contributed by atoms with E-state index in [1.165, 1.54) is 0 Å². The third-order valence-corrected chi connectivity index (χ3v) is 3.89. The van der Waals surface area contributed by atoms with Crippen LogP contribution in [0, 0.1) is 0 Å². The van der Waals surface area contributed by atoms with E-state index in [9.17, 15) is 4.79 Å². The molecule has 0 aliphatic carbocycles. The molecule has 26 heavy (non-hydrogen) atoms. The van der Waals surface area contributed by atoms with Crippen LogP contribution in [-0.2, 0) is 0 Å². The molecule has 0 radical (unpaired) electrons. The van der Waals surface area contributed by atoms with Crippen molar-refractivity contribution < 1.29 is 9.32 Å². The van der Waals surface area contributed by atoms with E-state index in [0.29, 0.717) is 22.8 Å². The summed E-state index contributed by atoms with van der Waals surface area (Å²) in [5, 5.41) is 6.91. The minimum atomic E-state index is -0.230. The number of aromatic nitrogens is 2. The van der Waals surface area contributed by atoms with Gasteiger partial charge in [0, 0.05) is 11.3 Å². The number of benzene rings is 3. The standard InChI is InChI=1S/C21H15N3O2/c25-20(22-16-11-5-2-6-12-16)17-13-7-8-14-18(17)21-23-19(24-26-21)15-9-3-1-4-10-15/h1-14H,(H,22,25). The molecule has 0 aliphatic heterocycles. The number of carbonyl (C=O) groups is 1. The number of amides is 1. The molecule has 0 fully saturated rings. The van der Waals surface area contributed by atoms with Gasteiger partial charge in [-0.3, -0.25) is 4.79 Å². The fraction of sp³-hybridized carbons (Fsp3) is 0. The van der Waals surface area contributed by atoms with Crippen LogP contribution < -0.4 is 5.32 Å². The molecule has 0 saturated heterocycles. The molecule has 0 saturated carbocycles. The molecule has 4 aromatic rings. The quantitative estimate of drug-likeness (QED) is 0.586. The van der Waals surface area contributed by atoms with Crippen LogP contribution in [0.4, 0.5) is 5.69 Å². The smallest absolute Gasteiger partial charge is 0.259 e. The van der Waals surface area contributed by atoms with Crippen molar-refractivity contribution in [2.24, 2.45) is 0 Å². The molecule has 4 rings (SSSR count). The minimum Gasteiger partial charge on any atom is -0.334 e. The van der Waals surface area contributed by atoms with Gasteiger partial charge in [-0.25, -0.2) is 0 Å². The Morgan fingerprint density at radius 2 is 1.46 bits per heavy atom. The molecule has 3 aromatic carbocycles. The first kappa shape index (κ1) is 15.8. The third kappa shape index (κ3) is 3.23. The zero-order chi connectivity index (χ0) is 17.8. The zero-order valence-corrected chi connectivity index (χ0v) is 13.8. The number of nitrogens with one attached hydrogen (secondary N) is 1. The van der Waals surface area contributed by atoms with Gasteiger partial charge in [-0.15, -0.1) is 0 Å². The predicted molar refractivity (Wildman–Crippen MR) is 99.6 cm³/mol. The van der Waals surface area contributed by atoms with E-state index in [4.69, 9.17) is 4.52 Å². The van der Waals surface area contributed by atoms with Crippen LogP contribution in [0.25, 0.3) is 22.8 Å². The van der Waals surface area contributed by atoms with Crippen LogP contribution in [0.15, 0.2) is 89.5 Å². The van der Waals surface area contributed by atoms with Crippen LogP contribution in [0.5, 0.6) is 0 Å². The summed E-state index contributed by atoms with van der Waals surface area (Å²) in [6.45, 7) is 0. The second-order valence-corrected chi connectivity index (χ2v) is 5.65. The van der Waals surface area contributed by atoms with E-state index in [-0.39, 0.29) is 5.91 Å². The first-order chi connectivity index (χ1) is 12.8. The van der Waals surface area contributed by atoms with Gasteiger partial charge in [0.1, 0.15) is 0 Å². The van der Waals surface area contributed by atoms with Gasteiger partial charge in [0.15, 0.2) is 0 Å². The monoisotopic (exact) mass is 341 g/mol. The number of nitrogens with zero attached hydrogens (tertiary/aromatic N) is 2. The van der Waals surface area contributed by atoms with Crippen LogP contribution in [-0.4, -0.2) is 16.0 Å². The Kier molecular flexibility index (Phi) is 4.26. The molecule has 126 valence electrons.